The highest BCUT2D eigenvalue weighted by Gasteiger charge is 2.31. The summed E-state index contributed by atoms with van der Waals surface area (Å²) in [6.45, 7) is 3.52. The van der Waals surface area contributed by atoms with Gasteiger partial charge >= 0.3 is 12.1 Å². The van der Waals surface area contributed by atoms with E-state index in [1.165, 1.54) is 30.5 Å². The summed E-state index contributed by atoms with van der Waals surface area (Å²) in [6.07, 6.45) is -0.247. The minimum atomic E-state index is -4.49. The highest BCUT2D eigenvalue weighted by molar-refractivity contribution is 5.96. The van der Waals surface area contributed by atoms with E-state index in [4.69, 9.17) is 4.74 Å². The number of pyridine rings is 1. The molecule has 2 aromatic rings. The van der Waals surface area contributed by atoms with Crippen LogP contribution >= 0.6 is 0 Å². The van der Waals surface area contributed by atoms with Gasteiger partial charge in [0.25, 0.3) is 5.91 Å². The van der Waals surface area contributed by atoms with Crippen LogP contribution in [-0.2, 0) is 15.7 Å². The number of carbonyl (C=O) groups excluding carboxylic acids is 2. The number of halogens is 3. The second-order valence-corrected chi connectivity index (χ2v) is 7.61. The number of aromatic nitrogens is 1. The van der Waals surface area contributed by atoms with E-state index in [1.807, 2.05) is 13.8 Å². The molecule has 2 heterocycles. The molecule has 1 amide bonds. The molecule has 0 aliphatic carbocycles. The number of rotatable bonds is 5. The van der Waals surface area contributed by atoms with E-state index in [9.17, 15) is 22.8 Å². The van der Waals surface area contributed by atoms with Gasteiger partial charge in [0.05, 0.1) is 5.56 Å². The number of nitrogens with one attached hydrogen (secondary N) is 1. The van der Waals surface area contributed by atoms with Crippen molar-refractivity contribution in [2.45, 2.75) is 51.4 Å². The van der Waals surface area contributed by atoms with Crippen LogP contribution in [0.1, 0.15) is 49.0 Å². The van der Waals surface area contributed by atoms with Gasteiger partial charge in [-0.3, -0.25) is 4.79 Å². The third kappa shape index (κ3) is 5.53. The molecule has 1 fully saturated rings. The van der Waals surface area contributed by atoms with Gasteiger partial charge in [0, 0.05) is 24.0 Å². The van der Waals surface area contributed by atoms with Crippen molar-refractivity contribution >= 4 is 23.4 Å². The zero-order valence-electron chi connectivity index (χ0n) is 17.3. The molecule has 0 radical (unpaired) electrons. The SMILES string of the molecule is C[C@@H]1CCC[C@@H](C)N1C(=O)COC(=O)c1cccnc1Nc1cccc(C(F)(F)F)c1. The Morgan fingerprint density at radius 2 is 1.87 bits per heavy atom. The van der Waals surface area contributed by atoms with Crippen molar-refractivity contribution in [3.8, 4) is 0 Å². The van der Waals surface area contributed by atoms with E-state index >= 15 is 0 Å². The van der Waals surface area contributed by atoms with Crippen molar-refractivity contribution in [1.29, 1.82) is 0 Å². The summed E-state index contributed by atoms with van der Waals surface area (Å²) in [7, 11) is 0. The summed E-state index contributed by atoms with van der Waals surface area (Å²) in [5.41, 5.74) is -0.685. The Bertz CT molecular complexity index is 939. The maximum atomic E-state index is 12.9. The second kappa shape index (κ2) is 9.36. The molecule has 0 saturated carbocycles. The maximum absolute atomic E-state index is 12.9. The van der Waals surface area contributed by atoms with Crippen LogP contribution in [0.25, 0.3) is 0 Å². The van der Waals surface area contributed by atoms with Crippen LogP contribution in [-0.4, -0.2) is 40.5 Å². The summed E-state index contributed by atoms with van der Waals surface area (Å²) >= 11 is 0. The van der Waals surface area contributed by atoms with Gasteiger partial charge in [0.2, 0.25) is 0 Å². The first-order chi connectivity index (χ1) is 14.7. The van der Waals surface area contributed by atoms with Gasteiger partial charge in [-0.1, -0.05) is 6.07 Å². The smallest absolute Gasteiger partial charge is 0.416 e. The summed E-state index contributed by atoms with van der Waals surface area (Å²) in [6, 6.07) is 7.65. The number of benzene rings is 1. The quantitative estimate of drug-likeness (QED) is 0.684. The molecule has 1 saturated heterocycles. The van der Waals surface area contributed by atoms with Crippen LogP contribution in [0.3, 0.4) is 0 Å². The lowest BCUT2D eigenvalue weighted by molar-refractivity contribution is -0.140. The van der Waals surface area contributed by atoms with E-state index in [-0.39, 0.29) is 35.1 Å². The van der Waals surface area contributed by atoms with E-state index < -0.39 is 24.3 Å². The van der Waals surface area contributed by atoms with Gasteiger partial charge in [-0.05, 0) is 63.4 Å². The minimum Gasteiger partial charge on any atom is -0.452 e. The molecule has 1 aromatic heterocycles. The molecule has 0 spiro atoms. The number of carbonyl (C=O) groups is 2. The third-order valence-corrected chi connectivity index (χ3v) is 5.29. The number of anilines is 2. The Kier molecular flexibility index (Phi) is 6.82. The van der Waals surface area contributed by atoms with Crippen LogP contribution in [0.2, 0.25) is 0 Å². The van der Waals surface area contributed by atoms with E-state index in [2.05, 4.69) is 10.3 Å². The summed E-state index contributed by atoms with van der Waals surface area (Å²) in [5.74, 6) is -1.02. The standard InChI is InChI=1S/C22H24F3N3O3/c1-14-6-3-7-15(2)28(14)19(29)13-31-21(30)18-10-5-11-26-20(18)27-17-9-4-8-16(12-17)22(23,24)25/h4-5,8-12,14-15H,3,6-7,13H2,1-2H3,(H,26,27)/t14-,15-/m1/s1. The number of esters is 1. The summed E-state index contributed by atoms with van der Waals surface area (Å²) in [5, 5.41) is 2.72. The maximum Gasteiger partial charge on any atom is 0.416 e. The minimum absolute atomic E-state index is 0.0208. The Balaban J connectivity index is 1.70. The van der Waals surface area contributed by atoms with Crippen molar-refractivity contribution in [3.05, 3.63) is 53.7 Å². The lowest BCUT2D eigenvalue weighted by atomic mass is 9.97. The van der Waals surface area contributed by atoms with Crippen LogP contribution < -0.4 is 5.32 Å². The molecule has 2 atom stereocenters. The molecule has 0 unspecified atom stereocenters. The van der Waals surface area contributed by atoms with Gasteiger partial charge in [0.15, 0.2) is 6.61 Å². The monoisotopic (exact) mass is 435 g/mol. The average molecular weight is 435 g/mol. The van der Waals surface area contributed by atoms with E-state index in [0.717, 1.165) is 31.4 Å². The van der Waals surface area contributed by atoms with Crippen molar-refractivity contribution in [2.75, 3.05) is 11.9 Å². The topological polar surface area (TPSA) is 71.5 Å². The summed E-state index contributed by atoms with van der Waals surface area (Å²) in [4.78, 5) is 30.9. The van der Waals surface area contributed by atoms with Gasteiger partial charge in [-0.2, -0.15) is 13.2 Å². The van der Waals surface area contributed by atoms with Gasteiger partial charge in [-0.25, -0.2) is 9.78 Å². The first kappa shape index (κ1) is 22.6. The van der Waals surface area contributed by atoms with Crippen LogP contribution in [0, 0.1) is 0 Å². The Morgan fingerprint density at radius 3 is 2.55 bits per heavy atom. The molecule has 166 valence electrons. The molecule has 1 aliphatic heterocycles. The Morgan fingerprint density at radius 1 is 1.16 bits per heavy atom. The third-order valence-electron chi connectivity index (χ3n) is 5.29. The molecular weight excluding hydrogens is 411 g/mol. The molecule has 3 rings (SSSR count). The molecule has 1 N–H and O–H groups in total. The molecule has 1 aliphatic rings. The van der Waals surface area contributed by atoms with E-state index in [0.29, 0.717) is 0 Å². The van der Waals surface area contributed by atoms with Crippen molar-refractivity contribution in [3.63, 3.8) is 0 Å². The first-order valence-corrected chi connectivity index (χ1v) is 10.0. The molecule has 31 heavy (non-hydrogen) atoms. The Labute approximate surface area is 178 Å². The number of ether oxygens (including phenoxy) is 1. The largest absolute Gasteiger partial charge is 0.452 e. The highest BCUT2D eigenvalue weighted by atomic mass is 19.4. The van der Waals surface area contributed by atoms with Crippen molar-refractivity contribution in [2.24, 2.45) is 0 Å². The lowest BCUT2D eigenvalue weighted by Gasteiger charge is -2.38. The molecule has 9 heteroatoms. The number of hydrogen-bond acceptors (Lipinski definition) is 5. The number of likely N-dealkylation sites (tertiary alicyclic amines) is 1. The van der Waals surface area contributed by atoms with Crippen LogP contribution in [0.15, 0.2) is 42.6 Å². The molecule has 0 bridgehead atoms. The number of piperidine rings is 1. The predicted octanol–water partition coefficient (Wildman–Crippen LogP) is 4.79. The van der Waals surface area contributed by atoms with E-state index in [1.54, 1.807) is 4.90 Å². The van der Waals surface area contributed by atoms with Crippen molar-refractivity contribution < 1.29 is 27.5 Å². The normalized spacial score (nSPS) is 19.1. The number of alkyl halides is 3. The molecule has 6 nitrogen and oxygen atoms in total. The number of hydrogen-bond donors (Lipinski definition) is 1. The fraction of sp³-hybridized carbons (Fsp3) is 0.409. The van der Waals surface area contributed by atoms with Gasteiger partial charge in [-0.15, -0.1) is 0 Å². The Hall–Kier alpha value is -3.10. The lowest BCUT2D eigenvalue weighted by Crippen LogP contribution is -2.49. The van der Waals surface area contributed by atoms with Crippen LogP contribution in [0.4, 0.5) is 24.7 Å². The van der Waals surface area contributed by atoms with Gasteiger partial charge in [0.1, 0.15) is 11.4 Å². The van der Waals surface area contributed by atoms with Crippen LogP contribution in [0.5, 0.6) is 0 Å². The summed E-state index contributed by atoms with van der Waals surface area (Å²) < 4.78 is 44.0. The van der Waals surface area contributed by atoms with Crippen molar-refractivity contribution in [1.82, 2.24) is 9.88 Å². The molecular formula is C22H24F3N3O3. The number of amides is 1. The second-order valence-electron chi connectivity index (χ2n) is 7.61. The average Bonchev–Trinajstić information content (AvgIpc) is 2.72. The zero-order valence-corrected chi connectivity index (χ0v) is 17.3. The first-order valence-electron chi connectivity index (χ1n) is 10.0. The van der Waals surface area contributed by atoms with Gasteiger partial charge < -0.3 is 15.0 Å². The number of nitrogens with zero attached hydrogens (tertiary/aromatic N) is 2. The molecule has 1 aromatic carbocycles. The highest BCUT2D eigenvalue weighted by Crippen LogP contribution is 2.31. The predicted molar refractivity (Wildman–Crippen MR) is 109 cm³/mol. The zero-order chi connectivity index (χ0) is 22.6. The fourth-order valence-corrected chi connectivity index (χ4v) is 3.77. The fourth-order valence-electron chi connectivity index (χ4n) is 3.77.